The Hall–Kier alpha value is -1.25. The Bertz CT molecular complexity index is 417. The second kappa shape index (κ2) is 5.81. The van der Waals surface area contributed by atoms with Gasteiger partial charge in [0.25, 0.3) is 0 Å². The fourth-order valence-corrected chi connectivity index (χ4v) is 2.38. The summed E-state index contributed by atoms with van der Waals surface area (Å²) in [6.45, 7) is 9.29. The second-order valence-corrected chi connectivity index (χ2v) is 6.63. The van der Waals surface area contributed by atoms with Gasteiger partial charge >= 0.3 is 0 Å². The van der Waals surface area contributed by atoms with Gasteiger partial charge in [-0.1, -0.05) is 20.8 Å². The lowest BCUT2D eigenvalue weighted by molar-refractivity contribution is 0.443. The van der Waals surface area contributed by atoms with Gasteiger partial charge in [-0.2, -0.15) is 0 Å². The van der Waals surface area contributed by atoms with Gasteiger partial charge in [0.1, 0.15) is 5.82 Å². The summed E-state index contributed by atoms with van der Waals surface area (Å²) < 4.78 is 14.2. The number of hydrogen-bond acceptors (Lipinski definition) is 2. The van der Waals surface area contributed by atoms with Crippen molar-refractivity contribution in [2.24, 2.45) is 5.41 Å². The molecule has 0 aromatic heterocycles. The Morgan fingerprint density at radius 2 is 1.84 bits per heavy atom. The molecule has 0 saturated carbocycles. The summed E-state index contributed by atoms with van der Waals surface area (Å²) in [6.07, 6.45) is 3.61. The van der Waals surface area contributed by atoms with Crippen LogP contribution in [-0.2, 0) is 0 Å². The van der Waals surface area contributed by atoms with E-state index in [0.29, 0.717) is 0 Å². The predicted molar refractivity (Wildman–Crippen MR) is 80.4 cm³/mol. The average Bonchev–Trinajstić information content (AvgIpc) is 2.37. The van der Waals surface area contributed by atoms with Crippen LogP contribution in [0, 0.1) is 11.2 Å². The first kappa shape index (κ1) is 14.2. The predicted octanol–water partition coefficient (Wildman–Crippen LogP) is 4.27. The summed E-state index contributed by atoms with van der Waals surface area (Å²) in [5.74, 6) is -0.110. The van der Waals surface area contributed by atoms with E-state index < -0.39 is 0 Å². The van der Waals surface area contributed by atoms with Crippen LogP contribution in [0.25, 0.3) is 0 Å². The maximum atomic E-state index is 14.2. The molecule has 1 fully saturated rings. The molecule has 2 nitrogen and oxygen atoms in total. The molecule has 0 amide bonds. The maximum Gasteiger partial charge on any atom is 0.148 e. The van der Waals surface area contributed by atoms with E-state index in [1.165, 1.54) is 19.3 Å². The molecule has 0 radical (unpaired) electrons. The number of piperidine rings is 1. The van der Waals surface area contributed by atoms with E-state index in [1.54, 1.807) is 6.07 Å². The monoisotopic (exact) mass is 264 g/mol. The lowest BCUT2D eigenvalue weighted by atomic mass is 9.97. The molecule has 1 aliphatic rings. The number of hydrogen-bond donors (Lipinski definition) is 1. The van der Waals surface area contributed by atoms with Crippen molar-refractivity contribution in [1.82, 2.24) is 0 Å². The first-order chi connectivity index (χ1) is 8.96. The van der Waals surface area contributed by atoms with E-state index in [-0.39, 0.29) is 11.2 Å². The molecule has 0 atom stereocenters. The van der Waals surface area contributed by atoms with Crippen molar-refractivity contribution in [3.63, 3.8) is 0 Å². The SMILES string of the molecule is CC(C)(C)CNc1ccc(N2CCCCC2)c(F)c1. The van der Waals surface area contributed by atoms with E-state index in [9.17, 15) is 4.39 Å². The van der Waals surface area contributed by atoms with Gasteiger partial charge in [-0.15, -0.1) is 0 Å². The summed E-state index contributed by atoms with van der Waals surface area (Å²) in [4.78, 5) is 2.16. The van der Waals surface area contributed by atoms with Gasteiger partial charge in [-0.05, 0) is 42.9 Å². The zero-order valence-corrected chi connectivity index (χ0v) is 12.3. The molecule has 1 saturated heterocycles. The van der Waals surface area contributed by atoms with Crippen LogP contribution in [-0.4, -0.2) is 19.6 Å². The van der Waals surface area contributed by atoms with Crippen LogP contribution in [0.1, 0.15) is 40.0 Å². The molecule has 0 aliphatic carbocycles. The maximum absolute atomic E-state index is 14.2. The van der Waals surface area contributed by atoms with Gasteiger partial charge in [0.15, 0.2) is 0 Å². The zero-order valence-electron chi connectivity index (χ0n) is 12.3. The standard InChI is InChI=1S/C16H25FN2/c1-16(2,3)12-18-13-7-8-15(14(17)11-13)19-9-5-4-6-10-19/h7-8,11,18H,4-6,9-10,12H2,1-3H3. The van der Waals surface area contributed by atoms with Crippen LogP contribution in [0.2, 0.25) is 0 Å². The number of rotatable bonds is 3. The topological polar surface area (TPSA) is 15.3 Å². The Kier molecular flexibility index (Phi) is 4.33. The van der Waals surface area contributed by atoms with Crippen molar-refractivity contribution in [1.29, 1.82) is 0 Å². The number of anilines is 2. The molecule has 106 valence electrons. The van der Waals surface area contributed by atoms with Gasteiger partial charge in [0, 0.05) is 25.3 Å². The summed E-state index contributed by atoms with van der Waals surface area (Å²) in [5, 5.41) is 3.30. The van der Waals surface area contributed by atoms with Crippen molar-refractivity contribution >= 4 is 11.4 Å². The average molecular weight is 264 g/mol. The van der Waals surface area contributed by atoms with Crippen LogP contribution >= 0.6 is 0 Å². The highest BCUT2D eigenvalue weighted by Crippen LogP contribution is 2.26. The molecule has 3 heteroatoms. The minimum absolute atomic E-state index is 0.110. The molecule has 1 aromatic rings. The molecule has 0 bridgehead atoms. The van der Waals surface area contributed by atoms with Crippen molar-refractivity contribution in [2.45, 2.75) is 40.0 Å². The number of halogens is 1. The minimum atomic E-state index is -0.110. The third-order valence-electron chi connectivity index (χ3n) is 3.47. The molecule has 1 N–H and O–H groups in total. The summed E-state index contributed by atoms with van der Waals surface area (Å²) in [5.41, 5.74) is 1.82. The van der Waals surface area contributed by atoms with E-state index in [4.69, 9.17) is 0 Å². The van der Waals surface area contributed by atoms with Crippen molar-refractivity contribution in [3.05, 3.63) is 24.0 Å². The van der Waals surface area contributed by atoms with Gasteiger partial charge in [0.2, 0.25) is 0 Å². The van der Waals surface area contributed by atoms with Crippen LogP contribution in [0.5, 0.6) is 0 Å². The third kappa shape index (κ3) is 4.12. The lowest BCUT2D eigenvalue weighted by Crippen LogP contribution is -2.30. The molecule has 2 rings (SSSR count). The zero-order chi connectivity index (χ0) is 13.9. The van der Waals surface area contributed by atoms with Gasteiger partial charge in [0.05, 0.1) is 5.69 Å². The van der Waals surface area contributed by atoms with Crippen LogP contribution in [0.15, 0.2) is 18.2 Å². The largest absolute Gasteiger partial charge is 0.384 e. The van der Waals surface area contributed by atoms with Crippen molar-refractivity contribution in [2.75, 3.05) is 29.9 Å². The molecule has 1 aliphatic heterocycles. The molecule has 0 unspecified atom stereocenters. The normalized spacial score (nSPS) is 16.5. The Morgan fingerprint density at radius 1 is 1.16 bits per heavy atom. The highest BCUT2D eigenvalue weighted by Gasteiger charge is 2.15. The Labute approximate surface area is 116 Å². The van der Waals surface area contributed by atoms with Crippen LogP contribution < -0.4 is 10.2 Å². The van der Waals surface area contributed by atoms with Gasteiger partial charge < -0.3 is 10.2 Å². The van der Waals surface area contributed by atoms with E-state index >= 15 is 0 Å². The van der Waals surface area contributed by atoms with Gasteiger partial charge in [-0.3, -0.25) is 0 Å². The van der Waals surface area contributed by atoms with E-state index in [2.05, 4.69) is 31.0 Å². The Morgan fingerprint density at radius 3 is 2.42 bits per heavy atom. The van der Waals surface area contributed by atoms with Crippen LogP contribution in [0.3, 0.4) is 0 Å². The molecule has 1 heterocycles. The fraction of sp³-hybridized carbons (Fsp3) is 0.625. The smallest absolute Gasteiger partial charge is 0.148 e. The fourth-order valence-electron chi connectivity index (χ4n) is 2.38. The lowest BCUT2D eigenvalue weighted by Gasteiger charge is -2.29. The molecule has 19 heavy (non-hydrogen) atoms. The first-order valence-electron chi connectivity index (χ1n) is 7.24. The van der Waals surface area contributed by atoms with E-state index in [0.717, 1.165) is 31.0 Å². The van der Waals surface area contributed by atoms with E-state index in [1.807, 2.05) is 12.1 Å². The Balaban J connectivity index is 2.04. The van der Waals surface area contributed by atoms with Crippen LogP contribution in [0.4, 0.5) is 15.8 Å². The second-order valence-electron chi connectivity index (χ2n) is 6.63. The molecule has 1 aromatic carbocycles. The number of nitrogens with one attached hydrogen (secondary N) is 1. The van der Waals surface area contributed by atoms with Gasteiger partial charge in [-0.25, -0.2) is 4.39 Å². The summed E-state index contributed by atoms with van der Waals surface area (Å²) in [7, 11) is 0. The third-order valence-corrected chi connectivity index (χ3v) is 3.47. The van der Waals surface area contributed by atoms with Crippen molar-refractivity contribution < 1.29 is 4.39 Å². The summed E-state index contributed by atoms with van der Waals surface area (Å²) in [6, 6.07) is 5.51. The quantitative estimate of drug-likeness (QED) is 0.877. The molecular weight excluding hydrogens is 239 g/mol. The number of benzene rings is 1. The minimum Gasteiger partial charge on any atom is -0.384 e. The summed E-state index contributed by atoms with van der Waals surface area (Å²) >= 11 is 0. The molecular formula is C16H25FN2. The van der Waals surface area contributed by atoms with Crippen molar-refractivity contribution in [3.8, 4) is 0 Å². The highest BCUT2D eigenvalue weighted by atomic mass is 19.1. The molecule has 0 spiro atoms. The first-order valence-corrected chi connectivity index (χ1v) is 7.24. The highest BCUT2D eigenvalue weighted by molar-refractivity contribution is 5.56. The number of nitrogens with zero attached hydrogens (tertiary/aromatic N) is 1.